The van der Waals surface area contributed by atoms with E-state index in [-0.39, 0.29) is 54.5 Å². The molecule has 42 heavy (non-hydrogen) atoms. The number of nitrogens with zero attached hydrogens (tertiary/aromatic N) is 2. The van der Waals surface area contributed by atoms with Crippen LogP contribution in [-0.4, -0.2) is 113 Å². The number of nitrogens with one attached hydrogen (secondary N) is 3. The number of rotatable bonds is 20. The first-order chi connectivity index (χ1) is 19.4. The minimum atomic E-state index is -0.403. The third-order valence-corrected chi connectivity index (χ3v) is 5.92. The number of quaternary nitrogens is 1. The van der Waals surface area contributed by atoms with Crippen LogP contribution in [0.2, 0.25) is 0 Å². The zero-order chi connectivity index (χ0) is 32.0. The van der Waals surface area contributed by atoms with Gasteiger partial charge in [0.2, 0.25) is 11.8 Å². The zero-order valence-corrected chi connectivity index (χ0v) is 26.3. The lowest BCUT2D eigenvalue weighted by Crippen LogP contribution is -2.39. The summed E-state index contributed by atoms with van der Waals surface area (Å²) < 4.78 is 12.2. The number of imide groups is 1. The van der Waals surface area contributed by atoms with Crippen molar-refractivity contribution in [2.24, 2.45) is 10.8 Å². The van der Waals surface area contributed by atoms with E-state index < -0.39 is 11.8 Å². The highest BCUT2D eigenvalue weighted by Gasteiger charge is 2.25. The molecule has 0 saturated carbocycles. The van der Waals surface area contributed by atoms with Crippen LogP contribution in [0, 0.1) is 10.8 Å². The topological polar surface area (TPSA) is 143 Å². The number of hydrogen-bond acceptors (Lipinski definition) is 7. The minimum Gasteiger partial charge on any atom is -0.380 e. The molecule has 3 N–H and O–H groups in total. The first-order valence-electron chi connectivity index (χ1n) is 14.1. The smallest absolute Gasteiger partial charge is 0.256 e. The van der Waals surface area contributed by atoms with Gasteiger partial charge in [0.05, 0.1) is 53.1 Å². The molecule has 12 nitrogen and oxygen atoms in total. The van der Waals surface area contributed by atoms with Crippen molar-refractivity contribution in [1.29, 1.82) is 0 Å². The van der Waals surface area contributed by atoms with E-state index in [4.69, 9.17) is 9.47 Å². The molecule has 5 amide bonds. The second kappa shape index (κ2) is 16.9. The van der Waals surface area contributed by atoms with Crippen LogP contribution in [0.3, 0.4) is 0 Å². The van der Waals surface area contributed by atoms with Crippen molar-refractivity contribution in [3.63, 3.8) is 0 Å². The summed E-state index contributed by atoms with van der Waals surface area (Å²) in [6, 6.07) is 0. The average molecular weight is 593 g/mol. The largest absolute Gasteiger partial charge is 0.380 e. The third kappa shape index (κ3) is 15.6. The van der Waals surface area contributed by atoms with Gasteiger partial charge in [0.15, 0.2) is 0 Å². The summed E-state index contributed by atoms with van der Waals surface area (Å²) >= 11 is 0. The highest BCUT2D eigenvalue weighted by Crippen LogP contribution is 2.20. The van der Waals surface area contributed by atoms with Crippen LogP contribution in [-0.2, 0) is 33.4 Å². The quantitative estimate of drug-likeness (QED) is 0.0627. The van der Waals surface area contributed by atoms with Crippen LogP contribution in [0.5, 0.6) is 0 Å². The van der Waals surface area contributed by atoms with Crippen LogP contribution in [0.15, 0.2) is 36.6 Å². The van der Waals surface area contributed by atoms with E-state index in [1.165, 1.54) is 12.2 Å². The Morgan fingerprint density at radius 2 is 1.38 bits per heavy atom. The molecule has 0 saturated heterocycles. The summed E-state index contributed by atoms with van der Waals surface area (Å²) in [6.45, 7) is 14.5. The second-order valence-electron chi connectivity index (χ2n) is 12.8. The van der Waals surface area contributed by atoms with Crippen molar-refractivity contribution in [1.82, 2.24) is 20.9 Å². The van der Waals surface area contributed by atoms with Crippen LogP contribution < -0.4 is 16.0 Å². The Balaban J connectivity index is 2.19. The van der Waals surface area contributed by atoms with E-state index >= 15 is 0 Å². The SMILES string of the molecule is C=C/C(=C\[N+](C)(C)C)C(=O)NCC(C)(C)COCC(C)(C)COCCNC(=O)CCC(=O)NCCN1C(=O)C=CC1=O. The number of hydrogen-bond donors (Lipinski definition) is 3. The number of carbonyl (C=O) groups is 5. The van der Waals surface area contributed by atoms with Gasteiger partial charge in [-0.25, -0.2) is 0 Å². The zero-order valence-electron chi connectivity index (χ0n) is 26.3. The Bertz CT molecular complexity index is 1020. The van der Waals surface area contributed by atoms with Gasteiger partial charge >= 0.3 is 0 Å². The van der Waals surface area contributed by atoms with Crippen molar-refractivity contribution < 1.29 is 37.9 Å². The van der Waals surface area contributed by atoms with Gasteiger partial charge in [-0.15, -0.1) is 0 Å². The molecule has 1 aliphatic rings. The van der Waals surface area contributed by atoms with Gasteiger partial charge in [-0.3, -0.25) is 28.9 Å². The third-order valence-electron chi connectivity index (χ3n) is 5.92. The summed E-state index contributed by atoms with van der Waals surface area (Å²) in [5.41, 5.74) is -0.00875. The second-order valence-corrected chi connectivity index (χ2v) is 12.8. The highest BCUT2D eigenvalue weighted by molar-refractivity contribution is 6.12. The molecular weight excluding hydrogens is 542 g/mol. The number of carbonyl (C=O) groups excluding carboxylic acids is 5. The van der Waals surface area contributed by atoms with E-state index in [1.807, 2.05) is 55.0 Å². The molecule has 0 bridgehead atoms. The van der Waals surface area contributed by atoms with E-state index in [0.29, 0.717) is 49.6 Å². The van der Waals surface area contributed by atoms with Crippen LogP contribution in [0.1, 0.15) is 40.5 Å². The Morgan fingerprint density at radius 1 is 0.857 bits per heavy atom. The molecule has 1 heterocycles. The maximum Gasteiger partial charge on any atom is 0.256 e. The van der Waals surface area contributed by atoms with Crippen LogP contribution in [0.4, 0.5) is 0 Å². The molecule has 0 atom stereocenters. The fourth-order valence-corrected chi connectivity index (χ4v) is 3.71. The molecule has 236 valence electrons. The summed E-state index contributed by atoms with van der Waals surface area (Å²) in [5.74, 6) is -1.58. The summed E-state index contributed by atoms with van der Waals surface area (Å²) in [5, 5.41) is 8.28. The summed E-state index contributed by atoms with van der Waals surface area (Å²) in [4.78, 5) is 60.4. The van der Waals surface area contributed by atoms with E-state index in [1.54, 1.807) is 6.08 Å². The standard InChI is InChI=1S/C30H49N5O7/c1-9-23(18-35(6,7)8)28(40)33-19-29(2,3)20-42-22-30(4,5)21-41-17-15-32-25(37)11-10-24(36)31-14-16-34-26(38)12-13-27(34)39/h9,12-13,18H,1,10-11,14-17,19-22H2,2-8H3,(H2-,31,32,33,36,37,40)/p+1/b23-18+. The van der Waals surface area contributed by atoms with Crippen LogP contribution in [0.25, 0.3) is 0 Å². The van der Waals surface area contributed by atoms with Gasteiger partial charge < -0.3 is 29.9 Å². The maximum absolute atomic E-state index is 12.5. The van der Waals surface area contributed by atoms with Crippen molar-refractivity contribution in [3.05, 3.63) is 36.6 Å². The predicted molar refractivity (Wildman–Crippen MR) is 160 cm³/mol. The summed E-state index contributed by atoms with van der Waals surface area (Å²) in [7, 11) is 5.90. The number of ether oxygens (including phenoxy) is 2. The fourth-order valence-electron chi connectivity index (χ4n) is 3.71. The molecule has 0 aliphatic carbocycles. The van der Waals surface area contributed by atoms with Gasteiger partial charge in [0.25, 0.3) is 17.7 Å². The summed E-state index contributed by atoms with van der Waals surface area (Å²) in [6.07, 6.45) is 5.79. The van der Waals surface area contributed by atoms with Gasteiger partial charge in [-0.2, -0.15) is 0 Å². The number of amides is 5. The molecule has 1 rings (SSSR count). The first kappa shape index (κ1) is 36.7. The van der Waals surface area contributed by atoms with Gasteiger partial charge in [0, 0.05) is 62.0 Å². The highest BCUT2D eigenvalue weighted by atomic mass is 16.5. The van der Waals surface area contributed by atoms with Crippen molar-refractivity contribution in [2.75, 3.05) is 73.7 Å². The molecule has 0 spiro atoms. The lowest BCUT2D eigenvalue weighted by molar-refractivity contribution is -0.817. The maximum atomic E-state index is 12.5. The Kier molecular flexibility index (Phi) is 14.8. The Morgan fingerprint density at radius 3 is 1.93 bits per heavy atom. The van der Waals surface area contributed by atoms with Crippen molar-refractivity contribution in [2.45, 2.75) is 40.5 Å². The Hall–Kier alpha value is -3.35. The van der Waals surface area contributed by atoms with Crippen LogP contribution >= 0.6 is 0 Å². The molecule has 1 aliphatic heterocycles. The minimum absolute atomic E-state index is 0.000425. The molecule has 0 aromatic rings. The predicted octanol–water partition coefficient (Wildman–Crippen LogP) is 0.902. The normalized spacial score (nSPS) is 14.3. The molecule has 0 fully saturated rings. The molecule has 12 heteroatoms. The monoisotopic (exact) mass is 592 g/mol. The van der Waals surface area contributed by atoms with E-state index in [9.17, 15) is 24.0 Å². The lowest BCUT2D eigenvalue weighted by Gasteiger charge is -2.29. The lowest BCUT2D eigenvalue weighted by atomic mass is 9.93. The first-order valence-corrected chi connectivity index (χ1v) is 14.1. The Labute approximate surface area is 250 Å². The molecular formula is C30H50N5O7+. The van der Waals surface area contributed by atoms with Gasteiger partial charge in [0.1, 0.15) is 6.20 Å². The molecule has 0 unspecified atom stereocenters. The molecule has 0 aromatic heterocycles. The average Bonchev–Trinajstić information content (AvgIpc) is 3.20. The van der Waals surface area contributed by atoms with Crippen molar-refractivity contribution >= 4 is 29.5 Å². The van der Waals surface area contributed by atoms with Crippen molar-refractivity contribution in [3.8, 4) is 0 Å². The molecule has 0 aromatic carbocycles. The van der Waals surface area contributed by atoms with E-state index in [0.717, 1.165) is 4.90 Å². The van der Waals surface area contributed by atoms with E-state index in [2.05, 4.69) is 22.5 Å². The van der Waals surface area contributed by atoms with Gasteiger partial charge in [-0.1, -0.05) is 40.3 Å². The van der Waals surface area contributed by atoms with Gasteiger partial charge in [-0.05, 0) is 0 Å². The fraction of sp³-hybridized carbons (Fsp3) is 0.633. The molecule has 0 radical (unpaired) electrons.